The van der Waals surface area contributed by atoms with E-state index in [0.29, 0.717) is 18.0 Å². The van der Waals surface area contributed by atoms with Crippen LogP contribution in [0.5, 0.6) is 0 Å². The SMILES string of the molecule is Cn1nc(CNC(=O)c2ccccc2Br)cc1C1CC1. The summed E-state index contributed by atoms with van der Waals surface area (Å²) in [5.41, 5.74) is 2.83. The first-order chi connectivity index (χ1) is 9.65. The van der Waals surface area contributed by atoms with Crippen molar-refractivity contribution in [3.8, 4) is 0 Å². The van der Waals surface area contributed by atoms with Crippen LogP contribution in [0.25, 0.3) is 0 Å². The lowest BCUT2D eigenvalue weighted by Gasteiger charge is -2.04. The van der Waals surface area contributed by atoms with Crippen molar-refractivity contribution in [1.29, 1.82) is 0 Å². The van der Waals surface area contributed by atoms with Gasteiger partial charge in [-0.15, -0.1) is 0 Å². The monoisotopic (exact) mass is 333 g/mol. The van der Waals surface area contributed by atoms with Gasteiger partial charge in [-0.2, -0.15) is 5.10 Å². The van der Waals surface area contributed by atoms with E-state index < -0.39 is 0 Å². The Morgan fingerprint density at radius 1 is 1.45 bits per heavy atom. The number of benzene rings is 1. The van der Waals surface area contributed by atoms with Gasteiger partial charge in [-0.25, -0.2) is 0 Å². The maximum absolute atomic E-state index is 12.1. The van der Waals surface area contributed by atoms with Crippen molar-refractivity contribution in [2.24, 2.45) is 7.05 Å². The van der Waals surface area contributed by atoms with Gasteiger partial charge < -0.3 is 5.32 Å². The summed E-state index contributed by atoms with van der Waals surface area (Å²) < 4.78 is 2.73. The lowest BCUT2D eigenvalue weighted by Crippen LogP contribution is -2.23. The molecule has 20 heavy (non-hydrogen) atoms. The molecule has 1 aliphatic carbocycles. The number of hydrogen-bond donors (Lipinski definition) is 1. The van der Waals surface area contributed by atoms with E-state index in [1.807, 2.05) is 29.9 Å². The predicted molar refractivity (Wildman–Crippen MR) is 80.5 cm³/mol. The Balaban J connectivity index is 1.66. The molecule has 0 radical (unpaired) electrons. The Labute approximate surface area is 126 Å². The molecular weight excluding hydrogens is 318 g/mol. The van der Waals surface area contributed by atoms with Gasteiger partial charge in [0.25, 0.3) is 5.91 Å². The molecule has 0 saturated heterocycles. The summed E-state index contributed by atoms with van der Waals surface area (Å²) in [5.74, 6) is 0.580. The Hall–Kier alpha value is -1.62. The topological polar surface area (TPSA) is 46.9 Å². The molecule has 1 amide bonds. The maximum atomic E-state index is 12.1. The number of hydrogen-bond acceptors (Lipinski definition) is 2. The fraction of sp³-hybridized carbons (Fsp3) is 0.333. The lowest BCUT2D eigenvalue weighted by atomic mass is 10.2. The Morgan fingerprint density at radius 2 is 2.20 bits per heavy atom. The van der Waals surface area contributed by atoms with Crippen molar-refractivity contribution < 1.29 is 4.79 Å². The van der Waals surface area contributed by atoms with E-state index in [0.717, 1.165) is 10.2 Å². The van der Waals surface area contributed by atoms with Crippen LogP contribution in [-0.2, 0) is 13.6 Å². The minimum atomic E-state index is -0.0869. The lowest BCUT2D eigenvalue weighted by molar-refractivity contribution is 0.0949. The van der Waals surface area contributed by atoms with Crippen molar-refractivity contribution >= 4 is 21.8 Å². The summed E-state index contributed by atoms with van der Waals surface area (Å²) in [4.78, 5) is 12.1. The van der Waals surface area contributed by atoms with E-state index in [-0.39, 0.29) is 5.91 Å². The van der Waals surface area contributed by atoms with Gasteiger partial charge in [0.05, 0.1) is 17.8 Å². The number of nitrogens with one attached hydrogen (secondary N) is 1. The zero-order valence-corrected chi connectivity index (χ0v) is 12.9. The fourth-order valence-electron chi connectivity index (χ4n) is 2.30. The Morgan fingerprint density at radius 3 is 2.90 bits per heavy atom. The van der Waals surface area contributed by atoms with E-state index in [1.165, 1.54) is 18.5 Å². The molecule has 3 rings (SSSR count). The van der Waals surface area contributed by atoms with E-state index in [1.54, 1.807) is 6.07 Å². The molecule has 0 atom stereocenters. The smallest absolute Gasteiger partial charge is 0.252 e. The zero-order valence-electron chi connectivity index (χ0n) is 11.3. The number of carbonyl (C=O) groups is 1. The summed E-state index contributed by atoms with van der Waals surface area (Å²) in [7, 11) is 1.97. The van der Waals surface area contributed by atoms with E-state index in [4.69, 9.17) is 0 Å². The number of nitrogens with zero attached hydrogens (tertiary/aromatic N) is 2. The fourth-order valence-corrected chi connectivity index (χ4v) is 2.77. The number of halogens is 1. The average molecular weight is 334 g/mol. The number of amides is 1. The highest BCUT2D eigenvalue weighted by molar-refractivity contribution is 9.10. The van der Waals surface area contributed by atoms with E-state index in [9.17, 15) is 4.79 Å². The van der Waals surface area contributed by atoms with Gasteiger partial charge in [0.1, 0.15) is 0 Å². The summed E-state index contributed by atoms with van der Waals surface area (Å²) in [5, 5.41) is 7.36. The Kier molecular flexibility index (Phi) is 3.61. The number of carbonyl (C=O) groups excluding carboxylic acids is 1. The minimum Gasteiger partial charge on any atom is -0.346 e. The molecule has 1 saturated carbocycles. The Bertz CT molecular complexity index is 646. The molecule has 1 aromatic heterocycles. The van der Waals surface area contributed by atoms with Gasteiger partial charge in [-0.3, -0.25) is 9.48 Å². The minimum absolute atomic E-state index is 0.0869. The molecule has 1 N–H and O–H groups in total. The summed E-state index contributed by atoms with van der Waals surface area (Å²) >= 11 is 3.39. The third kappa shape index (κ3) is 2.77. The van der Waals surface area contributed by atoms with Crippen molar-refractivity contribution in [3.05, 3.63) is 51.8 Å². The van der Waals surface area contributed by atoms with Crippen LogP contribution in [0.2, 0.25) is 0 Å². The second-order valence-electron chi connectivity index (χ2n) is 5.12. The summed E-state index contributed by atoms with van der Waals surface area (Å²) in [6, 6.07) is 9.50. The van der Waals surface area contributed by atoms with Gasteiger partial charge in [-0.1, -0.05) is 12.1 Å². The maximum Gasteiger partial charge on any atom is 0.252 e. The van der Waals surface area contributed by atoms with Crippen LogP contribution >= 0.6 is 15.9 Å². The standard InChI is InChI=1S/C15H16BrN3O/c1-19-14(10-6-7-10)8-11(18-19)9-17-15(20)12-4-2-3-5-13(12)16/h2-5,8,10H,6-7,9H2,1H3,(H,17,20). The third-order valence-corrected chi connectivity index (χ3v) is 4.20. The van der Waals surface area contributed by atoms with Crippen molar-refractivity contribution in [3.63, 3.8) is 0 Å². The molecule has 0 spiro atoms. The molecule has 104 valence electrons. The second kappa shape index (κ2) is 5.40. The van der Waals surface area contributed by atoms with Crippen LogP contribution in [0.15, 0.2) is 34.8 Å². The van der Waals surface area contributed by atoms with Gasteiger partial charge in [-0.05, 0) is 47.0 Å². The quantitative estimate of drug-likeness (QED) is 0.934. The van der Waals surface area contributed by atoms with Crippen molar-refractivity contribution in [2.75, 3.05) is 0 Å². The molecular formula is C15H16BrN3O. The first-order valence-electron chi connectivity index (χ1n) is 6.70. The molecule has 0 aliphatic heterocycles. The molecule has 2 aromatic rings. The van der Waals surface area contributed by atoms with Crippen LogP contribution < -0.4 is 5.32 Å². The van der Waals surface area contributed by atoms with Crippen LogP contribution in [-0.4, -0.2) is 15.7 Å². The molecule has 0 unspecified atom stereocenters. The molecule has 4 nitrogen and oxygen atoms in total. The second-order valence-corrected chi connectivity index (χ2v) is 5.98. The normalized spacial score (nSPS) is 14.3. The first kappa shape index (κ1) is 13.4. The largest absolute Gasteiger partial charge is 0.346 e. The third-order valence-electron chi connectivity index (χ3n) is 3.51. The number of aryl methyl sites for hydroxylation is 1. The van der Waals surface area contributed by atoms with Crippen LogP contribution in [0.4, 0.5) is 0 Å². The molecule has 0 bridgehead atoms. The molecule has 1 aliphatic rings. The van der Waals surface area contributed by atoms with Crippen LogP contribution in [0, 0.1) is 0 Å². The molecule has 1 heterocycles. The van der Waals surface area contributed by atoms with Gasteiger partial charge in [0, 0.05) is 23.1 Å². The predicted octanol–water partition coefficient (Wildman–Crippen LogP) is 2.99. The number of aromatic nitrogens is 2. The molecule has 1 fully saturated rings. The van der Waals surface area contributed by atoms with E-state index >= 15 is 0 Å². The van der Waals surface area contributed by atoms with Gasteiger partial charge >= 0.3 is 0 Å². The summed E-state index contributed by atoms with van der Waals surface area (Å²) in [6.45, 7) is 0.459. The summed E-state index contributed by atoms with van der Waals surface area (Å²) in [6.07, 6.45) is 2.50. The highest BCUT2D eigenvalue weighted by Crippen LogP contribution is 2.39. The van der Waals surface area contributed by atoms with Crippen LogP contribution in [0.3, 0.4) is 0 Å². The van der Waals surface area contributed by atoms with Gasteiger partial charge in [0.15, 0.2) is 0 Å². The van der Waals surface area contributed by atoms with Gasteiger partial charge in [0.2, 0.25) is 0 Å². The highest BCUT2D eigenvalue weighted by atomic mass is 79.9. The van der Waals surface area contributed by atoms with Crippen LogP contribution in [0.1, 0.15) is 40.5 Å². The van der Waals surface area contributed by atoms with Crippen molar-refractivity contribution in [2.45, 2.75) is 25.3 Å². The molecule has 1 aromatic carbocycles. The number of rotatable bonds is 4. The zero-order chi connectivity index (χ0) is 14.1. The highest BCUT2D eigenvalue weighted by Gasteiger charge is 2.27. The molecule has 5 heteroatoms. The van der Waals surface area contributed by atoms with Crippen molar-refractivity contribution in [1.82, 2.24) is 15.1 Å². The van der Waals surface area contributed by atoms with E-state index in [2.05, 4.69) is 32.4 Å². The average Bonchev–Trinajstić information content (AvgIpc) is 3.20. The first-order valence-corrected chi connectivity index (χ1v) is 7.50.